The Balaban J connectivity index is 1.40. The second kappa shape index (κ2) is 12.1. The summed E-state index contributed by atoms with van der Waals surface area (Å²) in [5.74, 6) is -2.32. The van der Waals surface area contributed by atoms with Crippen molar-refractivity contribution in [3.8, 4) is 0 Å². The summed E-state index contributed by atoms with van der Waals surface area (Å²) in [6, 6.07) is 5.46. The number of carbonyl (C=O) groups excluding carboxylic acids is 1. The van der Waals surface area contributed by atoms with E-state index in [1.165, 1.54) is 19.3 Å². The number of rotatable bonds is 11. The summed E-state index contributed by atoms with van der Waals surface area (Å²) in [6.07, 6.45) is 6.73. The van der Waals surface area contributed by atoms with Gasteiger partial charge in [-0.05, 0) is 43.5 Å². The second-order valence-electron chi connectivity index (χ2n) is 9.17. The normalized spacial score (nSPS) is 14.5. The Morgan fingerprint density at radius 2 is 1.76 bits per heavy atom. The number of hydrogen-bond donors (Lipinski definition) is 6. The van der Waals surface area contributed by atoms with E-state index >= 15 is 0 Å². The maximum absolute atomic E-state index is 12.4. The molecule has 13 nitrogen and oxygen atoms in total. The van der Waals surface area contributed by atoms with Crippen LogP contribution in [0.25, 0.3) is 11.2 Å². The van der Waals surface area contributed by atoms with Crippen LogP contribution in [-0.4, -0.2) is 60.1 Å². The van der Waals surface area contributed by atoms with Crippen LogP contribution in [0.2, 0.25) is 0 Å². The molecule has 0 radical (unpaired) electrons. The van der Waals surface area contributed by atoms with E-state index < -0.39 is 23.9 Å². The van der Waals surface area contributed by atoms with Gasteiger partial charge in [-0.15, -0.1) is 0 Å². The molecule has 3 aromatic rings. The van der Waals surface area contributed by atoms with Crippen LogP contribution in [0, 0.1) is 0 Å². The van der Waals surface area contributed by atoms with Gasteiger partial charge in [0.05, 0.1) is 18.4 Å². The Hall–Kier alpha value is -4.55. The first-order valence-corrected chi connectivity index (χ1v) is 12.4. The molecule has 1 aromatic carbocycles. The summed E-state index contributed by atoms with van der Waals surface area (Å²) >= 11 is 0. The molecule has 0 aliphatic heterocycles. The molecule has 7 N–H and O–H groups in total. The van der Waals surface area contributed by atoms with Crippen LogP contribution < -0.4 is 21.7 Å². The Bertz CT molecular complexity index is 1310. The SMILES string of the molecule is Nc1nc(NC2CCCCC2)c2nc(CNc3ccc(C(=O)N[C@@H](CCC(=O)O)C(=O)O)cc3)cnc2n1. The average Bonchev–Trinajstić information content (AvgIpc) is 2.90. The van der Waals surface area contributed by atoms with E-state index in [0.717, 1.165) is 12.8 Å². The molecule has 1 saturated carbocycles. The summed E-state index contributed by atoms with van der Waals surface area (Å²) < 4.78 is 0. The second-order valence-corrected chi connectivity index (χ2v) is 9.17. The minimum atomic E-state index is -1.29. The van der Waals surface area contributed by atoms with Crippen LogP contribution in [0.15, 0.2) is 30.5 Å². The first kappa shape index (κ1) is 26.5. The lowest BCUT2D eigenvalue weighted by Gasteiger charge is -2.23. The van der Waals surface area contributed by atoms with Gasteiger partial charge in [0.2, 0.25) is 5.95 Å². The van der Waals surface area contributed by atoms with Gasteiger partial charge in [0, 0.05) is 23.7 Å². The average molecular weight is 523 g/mol. The fourth-order valence-corrected chi connectivity index (χ4v) is 4.29. The monoisotopic (exact) mass is 522 g/mol. The van der Waals surface area contributed by atoms with E-state index in [-0.39, 0.29) is 24.4 Å². The summed E-state index contributed by atoms with van der Waals surface area (Å²) in [4.78, 5) is 52.1. The highest BCUT2D eigenvalue weighted by Gasteiger charge is 2.22. The number of carboxylic acid groups (broad SMARTS) is 2. The molecule has 2 aromatic heterocycles. The number of nitrogens with zero attached hydrogens (tertiary/aromatic N) is 4. The lowest BCUT2D eigenvalue weighted by Crippen LogP contribution is -2.41. The number of hydrogen-bond acceptors (Lipinski definition) is 10. The Labute approximate surface area is 218 Å². The predicted molar refractivity (Wildman–Crippen MR) is 140 cm³/mol. The van der Waals surface area contributed by atoms with Gasteiger partial charge in [-0.3, -0.25) is 9.59 Å². The fraction of sp³-hybridized carbons (Fsp3) is 0.400. The van der Waals surface area contributed by atoms with Gasteiger partial charge in [-0.25, -0.2) is 14.8 Å². The minimum Gasteiger partial charge on any atom is -0.481 e. The van der Waals surface area contributed by atoms with Crippen molar-refractivity contribution in [2.24, 2.45) is 0 Å². The molecule has 0 saturated heterocycles. The maximum Gasteiger partial charge on any atom is 0.326 e. The van der Waals surface area contributed by atoms with Gasteiger partial charge in [0.15, 0.2) is 17.0 Å². The minimum absolute atomic E-state index is 0.136. The third-order valence-corrected chi connectivity index (χ3v) is 6.29. The number of benzene rings is 1. The first-order chi connectivity index (χ1) is 18.3. The Morgan fingerprint density at radius 3 is 2.45 bits per heavy atom. The Kier molecular flexibility index (Phi) is 8.46. The van der Waals surface area contributed by atoms with Crippen LogP contribution in [0.4, 0.5) is 17.5 Å². The third-order valence-electron chi connectivity index (χ3n) is 6.29. The van der Waals surface area contributed by atoms with Gasteiger partial charge in [-0.2, -0.15) is 9.97 Å². The highest BCUT2D eigenvalue weighted by molar-refractivity contribution is 5.97. The van der Waals surface area contributed by atoms with Crippen LogP contribution in [0.3, 0.4) is 0 Å². The van der Waals surface area contributed by atoms with Crippen LogP contribution in [0.1, 0.15) is 61.0 Å². The summed E-state index contributed by atoms with van der Waals surface area (Å²) in [6.45, 7) is 0.345. The van der Waals surface area contributed by atoms with Gasteiger partial charge < -0.3 is 31.9 Å². The van der Waals surface area contributed by atoms with Crippen molar-refractivity contribution in [1.29, 1.82) is 0 Å². The highest BCUT2D eigenvalue weighted by Crippen LogP contribution is 2.24. The Morgan fingerprint density at radius 1 is 1.03 bits per heavy atom. The van der Waals surface area contributed by atoms with Crippen molar-refractivity contribution in [1.82, 2.24) is 25.3 Å². The van der Waals surface area contributed by atoms with Crippen molar-refractivity contribution in [3.63, 3.8) is 0 Å². The number of carboxylic acids is 2. The molecule has 1 aliphatic rings. The number of fused-ring (bicyclic) bond motifs is 1. The number of anilines is 3. The zero-order valence-corrected chi connectivity index (χ0v) is 20.7. The quantitative estimate of drug-likeness (QED) is 0.215. The molecule has 1 amide bonds. The largest absolute Gasteiger partial charge is 0.481 e. The first-order valence-electron chi connectivity index (χ1n) is 12.4. The van der Waals surface area contributed by atoms with Crippen LogP contribution in [-0.2, 0) is 16.1 Å². The van der Waals surface area contributed by atoms with E-state index in [1.807, 2.05) is 0 Å². The summed E-state index contributed by atoms with van der Waals surface area (Å²) in [7, 11) is 0. The van der Waals surface area contributed by atoms with Crippen molar-refractivity contribution < 1.29 is 24.6 Å². The molecule has 13 heteroatoms. The molecule has 1 fully saturated rings. The van der Waals surface area contributed by atoms with E-state index in [1.54, 1.807) is 30.5 Å². The molecule has 4 rings (SSSR count). The standard InChI is InChI=1S/C25H30N8O5/c26-25-32-21-20(22(33-25)30-16-4-2-1-3-5-16)29-17(13-28-21)12-27-15-8-6-14(7-9-15)23(36)31-18(24(37)38)10-11-19(34)35/h6-9,13,16,18,27H,1-5,10-12H2,(H,31,36)(H,34,35)(H,37,38)(H3,26,28,30,32,33)/t18-/m0/s1. The number of nitrogens with one attached hydrogen (secondary N) is 3. The van der Waals surface area contributed by atoms with Gasteiger partial charge in [0.1, 0.15) is 6.04 Å². The molecule has 2 heterocycles. The van der Waals surface area contributed by atoms with E-state index in [4.69, 9.17) is 15.8 Å². The lowest BCUT2D eigenvalue weighted by molar-refractivity contribution is -0.140. The zero-order chi connectivity index (χ0) is 27.1. The third kappa shape index (κ3) is 7.02. The fourth-order valence-electron chi connectivity index (χ4n) is 4.29. The van der Waals surface area contributed by atoms with E-state index in [0.29, 0.717) is 40.9 Å². The number of aliphatic carboxylic acids is 2. The topological polar surface area (TPSA) is 205 Å². The molecule has 38 heavy (non-hydrogen) atoms. The lowest BCUT2D eigenvalue weighted by atomic mass is 9.95. The molecule has 1 aliphatic carbocycles. The molecule has 0 bridgehead atoms. The molecule has 1 atom stereocenters. The number of nitrogen functional groups attached to an aromatic ring is 1. The highest BCUT2D eigenvalue weighted by atomic mass is 16.4. The molecular formula is C25H30N8O5. The number of amides is 1. The molecule has 0 unspecified atom stereocenters. The van der Waals surface area contributed by atoms with Crippen LogP contribution >= 0.6 is 0 Å². The zero-order valence-electron chi connectivity index (χ0n) is 20.7. The van der Waals surface area contributed by atoms with Crippen molar-refractivity contribution in [2.45, 2.75) is 63.6 Å². The summed E-state index contributed by atoms with van der Waals surface area (Å²) in [5.41, 5.74) is 8.45. The van der Waals surface area contributed by atoms with Crippen molar-refractivity contribution in [3.05, 3.63) is 41.7 Å². The molecular weight excluding hydrogens is 492 g/mol. The number of nitrogens with two attached hydrogens (primary N) is 1. The van der Waals surface area contributed by atoms with Gasteiger partial charge in [-0.1, -0.05) is 19.3 Å². The maximum atomic E-state index is 12.4. The molecule has 0 spiro atoms. The number of carbonyl (C=O) groups is 3. The number of aromatic nitrogens is 4. The van der Waals surface area contributed by atoms with Crippen LogP contribution in [0.5, 0.6) is 0 Å². The van der Waals surface area contributed by atoms with Crippen molar-refractivity contribution >= 4 is 46.5 Å². The van der Waals surface area contributed by atoms with E-state index in [9.17, 15) is 19.5 Å². The predicted octanol–water partition coefficient (Wildman–Crippen LogP) is 2.41. The van der Waals surface area contributed by atoms with Gasteiger partial charge in [0.25, 0.3) is 5.91 Å². The van der Waals surface area contributed by atoms with Gasteiger partial charge >= 0.3 is 11.9 Å². The molecule has 200 valence electrons. The summed E-state index contributed by atoms with van der Waals surface area (Å²) in [5, 5.41) is 27.0. The van der Waals surface area contributed by atoms with Crippen molar-refractivity contribution in [2.75, 3.05) is 16.4 Å². The van der Waals surface area contributed by atoms with E-state index in [2.05, 4.69) is 30.9 Å². The smallest absolute Gasteiger partial charge is 0.326 e.